The Kier molecular flexibility index (Phi) is 7.22. The van der Waals surface area contributed by atoms with Gasteiger partial charge < -0.3 is 19.5 Å². The van der Waals surface area contributed by atoms with E-state index in [0.29, 0.717) is 29.5 Å². The van der Waals surface area contributed by atoms with Gasteiger partial charge in [-0.15, -0.1) is 0 Å². The van der Waals surface area contributed by atoms with Gasteiger partial charge >= 0.3 is 5.97 Å². The SMILES string of the molecule is COc1ccc(C(=O)OCC(=O)NCCC(C)C)cc1OC. The van der Waals surface area contributed by atoms with E-state index < -0.39 is 5.97 Å². The normalized spacial score (nSPS) is 10.2. The highest BCUT2D eigenvalue weighted by Crippen LogP contribution is 2.27. The van der Waals surface area contributed by atoms with Crippen molar-refractivity contribution in [3.63, 3.8) is 0 Å². The maximum absolute atomic E-state index is 11.9. The third kappa shape index (κ3) is 5.63. The lowest BCUT2D eigenvalue weighted by Gasteiger charge is -2.10. The maximum atomic E-state index is 11.9. The number of benzene rings is 1. The van der Waals surface area contributed by atoms with Gasteiger partial charge in [-0.3, -0.25) is 4.79 Å². The summed E-state index contributed by atoms with van der Waals surface area (Å²) in [6, 6.07) is 4.68. The van der Waals surface area contributed by atoms with Gasteiger partial charge in [0.2, 0.25) is 0 Å². The summed E-state index contributed by atoms with van der Waals surface area (Å²) in [6.45, 7) is 4.42. The van der Waals surface area contributed by atoms with Crippen LogP contribution in [0.5, 0.6) is 11.5 Å². The molecule has 0 aromatic heterocycles. The summed E-state index contributed by atoms with van der Waals surface area (Å²) in [4.78, 5) is 23.5. The van der Waals surface area contributed by atoms with E-state index >= 15 is 0 Å². The third-order valence-corrected chi connectivity index (χ3v) is 3.00. The Balaban J connectivity index is 2.50. The van der Waals surface area contributed by atoms with E-state index in [0.717, 1.165) is 6.42 Å². The first-order valence-electron chi connectivity index (χ1n) is 7.13. The van der Waals surface area contributed by atoms with Crippen molar-refractivity contribution >= 4 is 11.9 Å². The maximum Gasteiger partial charge on any atom is 0.338 e. The summed E-state index contributed by atoms with van der Waals surface area (Å²) in [6.07, 6.45) is 0.884. The van der Waals surface area contributed by atoms with Gasteiger partial charge in [-0.05, 0) is 30.5 Å². The van der Waals surface area contributed by atoms with Crippen molar-refractivity contribution in [1.82, 2.24) is 5.32 Å². The van der Waals surface area contributed by atoms with Crippen LogP contribution < -0.4 is 14.8 Å². The lowest BCUT2D eigenvalue weighted by molar-refractivity contribution is -0.124. The summed E-state index contributed by atoms with van der Waals surface area (Å²) < 4.78 is 15.2. The van der Waals surface area contributed by atoms with Crippen molar-refractivity contribution in [2.45, 2.75) is 20.3 Å². The molecule has 122 valence electrons. The molecule has 1 amide bonds. The van der Waals surface area contributed by atoms with Gasteiger partial charge in [0, 0.05) is 6.54 Å². The number of amides is 1. The van der Waals surface area contributed by atoms with Gasteiger partial charge in [0.25, 0.3) is 5.91 Å². The van der Waals surface area contributed by atoms with Crippen molar-refractivity contribution in [2.75, 3.05) is 27.4 Å². The lowest BCUT2D eigenvalue weighted by atomic mass is 10.1. The number of carbonyl (C=O) groups is 2. The monoisotopic (exact) mass is 309 g/mol. The quantitative estimate of drug-likeness (QED) is 0.744. The second kappa shape index (κ2) is 8.92. The Morgan fingerprint density at radius 2 is 1.82 bits per heavy atom. The van der Waals surface area contributed by atoms with E-state index in [1.165, 1.54) is 20.3 Å². The number of rotatable bonds is 8. The first-order chi connectivity index (χ1) is 10.5. The highest BCUT2D eigenvalue weighted by atomic mass is 16.5. The van der Waals surface area contributed by atoms with Crippen molar-refractivity contribution in [3.05, 3.63) is 23.8 Å². The molecule has 0 saturated heterocycles. The van der Waals surface area contributed by atoms with Gasteiger partial charge in [0.15, 0.2) is 18.1 Å². The molecule has 1 aromatic carbocycles. The van der Waals surface area contributed by atoms with Crippen LogP contribution in [0.25, 0.3) is 0 Å². The fraction of sp³-hybridized carbons (Fsp3) is 0.500. The first kappa shape index (κ1) is 17.8. The number of hydrogen-bond donors (Lipinski definition) is 1. The van der Waals surface area contributed by atoms with E-state index in [4.69, 9.17) is 14.2 Å². The highest BCUT2D eigenvalue weighted by Gasteiger charge is 2.13. The Morgan fingerprint density at radius 3 is 2.41 bits per heavy atom. The fourth-order valence-electron chi connectivity index (χ4n) is 1.73. The number of ether oxygens (including phenoxy) is 3. The summed E-state index contributed by atoms with van der Waals surface area (Å²) >= 11 is 0. The molecule has 0 fully saturated rings. The van der Waals surface area contributed by atoms with Crippen LogP contribution in [0.3, 0.4) is 0 Å². The van der Waals surface area contributed by atoms with Gasteiger partial charge in [0.1, 0.15) is 0 Å². The first-order valence-corrected chi connectivity index (χ1v) is 7.13. The van der Waals surface area contributed by atoms with Crippen molar-refractivity contribution in [3.8, 4) is 11.5 Å². The zero-order valence-corrected chi connectivity index (χ0v) is 13.5. The molecule has 0 unspecified atom stereocenters. The molecule has 22 heavy (non-hydrogen) atoms. The largest absolute Gasteiger partial charge is 0.493 e. The van der Waals surface area contributed by atoms with Gasteiger partial charge in [-0.2, -0.15) is 0 Å². The van der Waals surface area contributed by atoms with Crippen LogP contribution in [-0.4, -0.2) is 39.2 Å². The number of esters is 1. The minimum atomic E-state index is -0.583. The summed E-state index contributed by atoms with van der Waals surface area (Å²) in [5, 5.41) is 2.70. The number of nitrogens with one attached hydrogen (secondary N) is 1. The second-order valence-electron chi connectivity index (χ2n) is 5.18. The van der Waals surface area contributed by atoms with Crippen LogP contribution in [0.4, 0.5) is 0 Å². The Hall–Kier alpha value is -2.24. The van der Waals surface area contributed by atoms with Crippen LogP contribution in [-0.2, 0) is 9.53 Å². The van der Waals surface area contributed by atoms with Crippen molar-refractivity contribution in [2.24, 2.45) is 5.92 Å². The Bertz CT molecular complexity index is 513. The molecule has 0 heterocycles. The van der Waals surface area contributed by atoms with Crippen molar-refractivity contribution in [1.29, 1.82) is 0 Å². The van der Waals surface area contributed by atoms with Crippen molar-refractivity contribution < 1.29 is 23.8 Å². The molecule has 0 atom stereocenters. The lowest BCUT2D eigenvalue weighted by Crippen LogP contribution is -2.30. The molecule has 0 bridgehead atoms. The second-order valence-corrected chi connectivity index (χ2v) is 5.18. The van der Waals surface area contributed by atoms with Gasteiger partial charge in [0.05, 0.1) is 19.8 Å². The van der Waals surface area contributed by atoms with Crippen LogP contribution in [0.2, 0.25) is 0 Å². The minimum absolute atomic E-state index is 0.299. The summed E-state index contributed by atoms with van der Waals surface area (Å²) in [5.74, 6) is 0.563. The molecule has 6 nitrogen and oxygen atoms in total. The zero-order valence-electron chi connectivity index (χ0n) is 13.5. The average Bonchev–Trinajstić information content (AvgIpc) is 2.51. The summed E-state index contributed by atoms with van der Waals surface area (Å²) in [7, 11) is 2.99. The van der Waals surface area contributed by atoms with Crippen LogP contribution >= 0.6 is 0 Å². The predicted molar refractivity (Wildman–Crippen MR) is 82.3 cm³/mol. The molecule has 6 heteroatoms. The molecule has 1 rings (SSSR count). The van der Waals surface area contributed by atoms with E-state index in [9.17, 15) is 9.59 Å². The average molecular weight is 309 g/mol. The molecule has 0 spiro atoms. The molecule has 0 aliphatic rings. The molecular formula is C16H23NO5. The third-order valence-electron chi connectivity index (χ3n) is 3.00. The highest BCUT2D eigenvalue weighted by molar-refractivity contribution is 5.92. The molecule has 0 aliphatic carbocycles. The molecule has 0 saturated carbocycles. The molecule has 0 radical (unpaired) electrons. The minimum Gasteiger partial charge on any atom is -0.493 e. The molecule has 1 N–H and O–H groups in total. The van der Waals surface area contributed by atoms with Gasteiger partial charge in [-0.25, -0.2) is 4.79 Å². The number of carbonyl (C=O) groups excluding carboxylic acids is 2. The molecular weight excluding hydrogens is 286 g/mol. The molecule has 0 aliphatic heterocycles. The van der Waals surface area contributed by atoms with Gasteiger partial charge in [-0.1, -0.05) is 13.8 Å². The standard InChI is InChI=1S/C16H23NO5/c1-11(2)7-8-17-15(18)10-22-16(19)12-5-6-13(20-3)14(9-12)21-4/h5-6,9,11H,7-8,10H2,1-4H3,(H,17,18). The Labute approximate surface area is 130 Å². The van der Waals surface area contributed by atoms with Crippen LogP contribution in [0.1, 0.15) is 30.6 Å². The fourth-order valence-corrected chi connectivity index (χ4v) is 1.73. The van der Waals surface area contributed by atoms with Crippen LogP contribution in [0.15, 0.2) is 18.2 Å². The number of methoxy groups -OCH3 is 2. The Morgan fingerprint density at radius 1 is 1.14 bits per heavy atom. The topological polar surface area (TPSA) is 73.9 Å². The van der Waals surface area contributed by atoms with Crippen LogP contribution in [0, 0.1) is 5.92 Å². The van der Waals surface area contributed by atoms with E-state index in [2.05, 4.69) is 19.2 Å². The number of hydrogen-bond acceptors (Lipinski definition) is 5. The summed E-state index contributed by atoms with van der Waals surface area (Å²) in [5.41, 5.74) is 0.299. The molecule has 1 aromatic rings. The zero-order chi connectivity index (χ0) is 16.5. The smallest absolute Gasteiger partial charge is 0.338 e. The van der Waals surface area contributed by atoms with E-state index in [-0.39, 0.29) is 12.5 Å². The van der Waals surface area contributed by atoms with E-state index in [1.807, 2.05) is 0 Å². The predicted octanol–water partition coefficient (Wildman–Crippen LogP) is 2.02. The van der Waals surface area contributed by atoms with E-state index in [1.54, 1.807) is 12.1 Å².